The Morgan fingerprint density at radius 2 is 1.93 bits per heavy atom. The van der Waals surface area contributed by atoms with Gasteiger partial charge in [-0.15, -0.1) is 0 Å². The third-order valence-electron chi connectivity index (χ3n) is 4.71. The highest BCUT2D eigenvalue weighted by molar-refractivity contribution is 9.10. The van der Waals surface area contributed by atoms with Crippen molar-refractivity contribution in [2.45, 2.75) is 12.8 Å². The number of halogens is 1. The Balaban J connectivity index is 1.66. The Hall–Kier alpha value is -2.78. The van der Waals surface area contributed by atoms with E-state index in [1.165, 1.54) is 16.7 Å². The van der Waals surface area contributed by atoms with Crippen molar-refractivity contribution in [2.24, 2.45) is 0 Å². The average molecular weight is 417 g/mol. The summed E-state index contributed by atoms with van der Waals surface area (Å²) in [5.41, 5.74) is 5.99. The zero-order valence-electron chi connectivity index (χ0n) is 15.2. The summed E-state index contributed by atoms with van der Waals surface area (Å²) in [5, 5.41) is 0. The molecule has 27 heavy (non-hydrogen) atoms. The number of aromatic nitrogens is 1. The summed E-state index contributed by atoms with van der Waals surface area (Å²) >= 11 is 3.64. The normalized spacial score (nSPS) is 15.6. The van der Waals surface area contributed by atoms with Crippen molar-refractivity contribution < 1.29 is 0 Å². The lowest BCUT2D eigenvalue weighted by Crippen LogP contribution is -2.15. The molecule has 4 rings (SSSR count). The molecule has 1 N–H and O–H groups in total. The van der Waals surface area contributed by atoms with Gasteiger partial charge < -0.3 is 4.98 Å². The molecule has 1 aliphatic carbocycles. The van der Waals surface area contributed by atoms with Crippen LogP contribution in [0.5, 0.6) is 0 Å². The van der Waals surface area contributed by atoms with Crippen LogP contribution in [0.25, 0.3) is 5.57 Å². The first-order chi connectivity index (χ1) is 13.2. The van der Waals surface area contributed by atoms with Crippen LogP contribution in [0.15, 0.2) is 102 Å². The zero-order chi connectivity index (χ0) is 18.8. The fourth-order valence-corrected chi connectivity index (χ4v) is 3.81. The van der Waals surface area contributed by atoms with Gasteiger partial charge in [-0.2, -0.15) is 0 Å². The molecule has 1 unspecified atom stereocenters. The number of benzene rings is 2. The van der Waals surface area contributed by atoms with Crippen LogP contribution in [0, 0.1) is 0 Å². The van der Waals surface area contributed by atoms with E-state index >= 15 is 0 Å². The lowest BCUT2D eigenvalue weighted by Gasteiger charge is -2.25. The fraction of sp³-hybridized carbons (Fsp3) is 0.0833. The number of anilines is 2. The molecule has 1 atom stereocenters. The summed E-state index contributed by atoms with van der Waals surface area (Å²) in [4.78, 5) is 5.45. The molecule has 1 heterocycles. The predicted octanol–water partition coefficient (Wildman–Crippen LogP) is 7.19. The van der Waals surface area contributed by atoms with Crippen LogP contribution in [0.1, 0.15) is 24.0 Å². The largest absolute Gasteiger partial charge is 0.347 e. The van der Waals surface area contributed by atoms with E-state index in [1.54, 1.807) is 0 Å². The number of rotatable bonds is 6. The molecule has 2 nitrogen and oxygen atoms in total. The van der Waals surface area contributed by atoms with Crippen LogP contribution in [0.2, 0.25) is 0 Å². The van der Waals surface area contributed by atoms with Crippen molar-refractivity contribution in [1.29, 1.82) is 0 Å². The minimum absolute atomic E-state index is 0.385. The number of allylic oxidation sites excluding steroid dienone is 4. The summed E-state index contributed by atoms with van der Waals surface area (Å²) in [5.74, 6) is 1.36. The fourth-order valence-electron chi connectivity index (χ4n) is 3.39. The van der Waals surface area contributed by atoms with Crippen molar-refractivity contribution in [3.8, 4) is 0 Å². The third-order valence-corrected chi connectivity index (χ3v) is 5.35. The second-order valence-corrected chi connectivity index (χ2v) is 7.42. The van der Waals surface area contributed by atoms with Gasteiger partial charge in [0.15, 0.2) is 0 Å². The minimum Gasteiger partial charge on any atom is -0.347 e. The van der Waals surface area contributed by atoms with Gasteiger partial charge in [0.05, 0.1) is 4.47 Å². The van der Waals surface area contributed by atoms with Gasteiger partial charge in [-0.3, -0.25) is 4.90 Å². The van der Waals surface area contributed by atoms with E-state index in [0.717, 1.165) is 21.7 Å². The van der Waals surface area contributed by atoms with Gasteiger partial charge in [0.2, 0.25) is 0 Å². The zero-order valence-corrected chi connectivity index (χ0v) is 16.8. The smallest absolute Gasteiger partial charge is 0.129 e. The second kappa shape index (κ2) is 7.45. The van der Waals surface area contributed by atoms with Crippen molar-refractivity contribution in [1.82, 2.24) is 4.98 Å². The second-order valence-electron chi connectivity index (χ2n) is 6.56. The maximum absolute atomic E-state index is 4.26. The molecular weight excluding hydrogens is 396 g/mol. The highest BCUT2D eigenvalue weighted by Crippen LogP contribution is 2.47. The van der Waals surface area contributed by atoms with Gasteiger partial charge in [0.25, 0.3) is 0 Å². The van der Waals surface area contributed by atoms with Gasteiger partial charge in [0.1, 0.15) is 5.82 Å². The van der Waals surface area contributed by atoms with E-state index in [2.05, 4.69) is 93.1 Å². The molecule has 0 bridgehead atoms. The van der Waals surface area contributed by atoms with Gasteiger partial charge >= 0.3 is 0 Å². The lowest BCUT2D eigenvalue weighted by molar-refractivity contribution is 1.14. The quantitative estimate of drug-likeness (QED) is 0.421. The molecule has 0 radical (unpaired) electrons. The molecule has 0 spiro atoms. The highest BCUT2D eigenvalue weighted by Gasteiger charge is 2.28. The first-order valence-electron chi connectivity index (χ1n) is 9.00. The maximum atomic E-state index is 4.26. The van der Waals surface area contributed by atoms with Gasteiger partial charge in [0, 0.05) is 23.5 Å². The standard InChI is InChI=1S/C24H21BrN2/c1-3-8-17(2)27(24-23(25)13-14-26-24)20-12-7-11-19(15-20)22-16-21(22)18-9-5-4-6-10-18/h3-16,22,26H,2H2,1H3/b8-3-. The van der Waals surface area contributed by atoms with Crippen LogP contribution >= 0.6 is 15.9 Å². The number of nitrogens with one attached hydrogen (secondary N) is 1. The third kappa shape index (κ3) is 3.56. The number of hydrogen-bond donors (Lipinski definition) is 1. The summed E-state index contributed by atoms with van der Waals surface area (Å²) in [6, 6.07) is 21.3. The number of aromatic amines is 1. The first kappa shape index (κ1) is 17.6. The maximum Gasteiger partial charge on any atom is 0.129 e. The van der Waals surface area contributed by atoms with E-state index in [4.69, 9.17) is 0 Å². The van der Waals surface area contributed by atoms with Crippen LogP contribution < -0.4 is 4.90 Å². The van der Waals surface area contributed by atoms with E-state index in [0.29, 0.717) is 5.92 Å². The van der Waals surface area contributed by atoms with Crippen molar-refractivity contribution in [3.63, 3.8) is 0 Å². The lowest BCUT2D eigenvalue weighted by atomic mass is 10.0. The highest BCUT2D eigenvalue weighted by atomic mass is 79.9. The summed E-state index contributed by atoms with van der Waals surface area (Å²) in [6.45, 7) is 6.26. The van der Waals surface area contributed by atoms with Gasteiger partial charge in [-0.05, 0) is 63.8 Å². The molecule has 0 aliphatic heterocycles. The van der Waals surface area contributed by atoms with Crippen LogP contribution in [0.3, 0.4) is 0 Å². The van der Waals surface area contributed by atoms with Gasteiger partial charge in [-0.1, -0.05) is 61.2 Å². The van der Waals surface area contributed by atoms with E-state index < -0.39 is 0 Å². The molecule has 2 aromatic carbocycles. The molecule has 134 valence electrons. The number of H-pyrrole nitrogens is 1. The molecule has 0 saturated carbocycles. The van der Waals surface area contributed by atoms with E-state index in [1.807, 2.05) is 31.3 Å². The van der Waals surface area contributed by atoms with Gasteiger partial charge in [-0.25, -0.2) is 0 Å². The Morgan fingerprint density at radius 1 is 1.11 bits per heavy atom. The van der Waals surface area contributed by atoms with E-state index in [9.17, 15) is 0 Å². The number of hydrogen-bond acceptors (Lipinski definition) is 1. The molecule has 1 aromatic heterocycles. The van der Waals surface area contributed by atoms with Crippen LogP contribution in [-0.4, -0.2) is 4.98 Å². The number of nitrogens with zero attached hydrogens (tertiary/aromatic N) is 1. The van der Waals surface area contributed by atoms with Crippen molar-refractivity contribution in [2.75, 3.05) is 4.90 Å². The molecule has 1 aliphatic rings. The van der Waals surface area contributed by atoms with Crippen LogP contribution in [-0.2, 0) is 0 Å². The molecule has 0 amide bonds. The molecule has 0 fully saturated rings. The average Bonchev–Trinajstić information content (AvgIpc) is 3.39. The van der Waals surface area contributed by atoms with Crippen molar-refractivity contribution >= 4 is 33.0 Å². The molecular formula is C24H21BrN2. The van der Waals surface area contributed by atoms with Crippen LogP contribution in [0.4, 0.5) is 11.5 Å². The predicted molar refractivity (Wildman–Crippen MR) is 118 cm³/mol. The Labute approximate surface area is 168 Å². The monoisotopic (exact) mass is 416 g/mol. The summed E-state index contributed by atoms with van der Waals surface area (Å²) in [7, 11) is 0. The Kier molecular flexibility index (Phi) is 4.87. The van der Waals surface area contributed by atoms with E-state index in [-0.39, 0.29) is 0 Å². The molecule has 0 saturated heterocycles. The Bertz CT molecular complexity index is 1030. The summed E-state index contributed by atoms with van der Waals surface area (Å²) in [6.07, 6.45) is 8.27. The minimum atomic E-state index is 0.385. The summed E-state index contributed by atoms with van der Waals surface area (Å²) < 4.78 is 1.01. The SMILES string of the molecule is C=C(/C=C\C)N(c1cccc(C2C=C2c2ccccc2)c1)c1[nH]ccc1Br. The molecule has 3 heteroatoms. The topological polar surface area (TPSA) is 19.0 Å². The molecule has 3 aromatic rings. The van der Waals surface area contributed by atoms with Crippen molar-refractivity contribution in [3.05, 3.63) is 113 Å². The Morgan fingerprint density at radius 3 is 2.63 bits per heavy atom. The first-order valence-corrected chi connectivity index (χ1v) is 9.80.